The number of nitrogens with zero attached hydrogens (tertiary/aromatic N) is 2. The molecule has 0 spiro atoms. The van der Waals surface area contributed by atoms with Crippen LogP contribution in [0.5, 0.6) is 0 Å². The predicted octanol–water partition coefficient (Wildman–Crippen LogP) is 1.31. The van der Waals surface area contributed by atoms with Gasteiger partial charge in [-0.1, -0.05) is 6.07 Å². The Bertz CT molecular complexity index is 884. The summed E-state index contributed by atoms with van der Waals surface area (Å²) in [7, 11) is 0. The number of fused-ring (bicyclic) bond motifs is 1. The molecule has 2 aliphatic rings. The first-order valence-corrected chi connectivity index (χ1v) is 9.57. The standard InChI is InChI=1S/C19H24FN5O2/c20-16-3-1-13(12-5-8-21-9-6-12)11-15(16)18(26)22-14-2-4-17-23-24-19(27)25(17)10-7-14/h1,3,11-12,14,21H,2,4-10H2,(H,22,26)(H,24,27). The summed E-state index contributed by atoms with van der Waals surface area (Å²) < 4.78 is 15.9. The number of aromatic amines is 1. The number of nitrogens with one attached hydrogen (secondary N) is 3. The zero-order chi connectivity index (χ0) is 18.8. The van der Waals surface area contributed by atoms with E-state index in [-0.39, 0.29) is 23.2 Å². The molecule has 2 aromatic rings. The number of carbonyl (C=O) groups is 1. The van der Waals surface area contributed by atoms with Gasteiger partial charge in [-0.2, -0.15) is 5.10 Å². The predicted molar refractivity (Wildman–Crippen MR) is 98.3 cm³/mol. The van der Waals surface area contributed by atoms with E-state index in [9.17, 15) is 14.0 Å². The van der Waals surface area contributed by atoms with Gasteiger partial charge in [0.15, 0.2) is 0 Å². The van der Waals surface area contributed by atoms with Crippen LogP contribution in [0.1, 0.15) is 53.3 Å². The van der Waals surface area contributed by atoms with Gasteiger partial charge in [-0.25, -0.2) is 14.3 Å². The van der Waals surface area contributed by atoms with Crippen molar-refractivity contribution in [3.05, 3.63) is 51.5 Å². The number of rotatable bonds is 3. The third kappa shape index (κ3) is 3.80. The summed E-state index contributed by atoms with van der Waals surface area (Å²) in [5.41, 5.74) is 0.902. The molecule has 3 heterocycles. The molecular weight excluding hydrogens is 349 g/mol. The van der Waals surface area contributed by atoms with Gasteiger partial charge in [0.25, 0.3) is 5.91 Å². The maximum atomic E-state index is 14.3. The smallest absolute Gasteiger partial charge is 0.343 e. The number of halogens is 1. The van der Waals surface area contributed by atoms with Gasteiger partial charge in [0.05, 0.1) is 5.56 Å². The minimum absolute atomic E-state index is 0.103. The van der Waals surface area contributed by atoms with E-state index < -0.39 is 5.82 Å². The molecule has 1 unspecified atom stereocenters. The van der Waals surface area contributed by atoms with Crippen molar-refractivity contribution in [1.29, 1.82) is 0 Å². The van der Waals surface area contributed by atoms with Crippen LogP contribution in [0, 0.1) is 5.82 Å². The van der Waals surface area contributed by atoms with Gasteiger partial charge < -0.3 is 10.6 Å². The molecule has 1 aromatic heterocycles. The number of piperidine rings is 1. The third-order valence-electron chi connectivity index (χ3n) is 5.64. The summed E-state index contributed by atoms with van der Waals surface area (Å²) in [5.74, 6) is 0.181. The van der Waals surface area contributed by atoms with E-state index in [0.29, 0.717) is 37.5 Å². The lowest BCUT2D eigenvalue weighted by Crippen LogP contribution is -2.36. The molecule has 1 aromatic carbocycles. The normalized spacial score (nSPS) is 20.7. The molecule has 0 aliphatic carbocycles. The minimum Gasteiger partial charge on any atom is -0.349 e. The van der Waals surface area contributed by atoms with Gasteiger partial charge in [0.1, 0.15) is 11.6 Å². The Morgan fingerprint density at radius 3 is 2.85 bits per heavy atom. The number of hydrogen-bond acceptors (Lipinski definition) is 4. The molecule has 0 radical (unpaired) electrons. The minimum atomic E-state index is -0.497. The lowest BCUT2D eigenvalue weighted by Gasteiger charge is -2.23. The van der Waals surface area contributed by atoms with Gasteiger partial charge in [-0.15, -0.1) is 0 Å². The Balaban J connectivity index is 1.45. The fourth-order valence-corrected chi connectivity index (χ4v) is 4.04. The van der Waals surface area contributed by atoms with Crippen molar-refractivity contribution in [2.24, 2.45) is 0 Å². The Morgan fingerprint density at radius 1 is 1.22 bits per heavy atom. The first-order chi connectivity index (χ1) is 13.1. The quantitative estimate of drug-likeness (QED) is 0.757. The van der Waals surface area contributed by atoms with Crippen LogP contribution < -0.4 is 16.3 Å². The fraction of sp³-hybridized carbons (Fsp3) is 0.526. The van der Waals surface area contributed by atoms with Crippen LogP contribution in [0.3, 0.4) is 0 Å². The monoisotopic (exact) mass is 373 g/mol. The van der Waals surface area contributed by atoms with Crippen LogP contribution in [-0.4, -0.2) is 39.8 Å². The molecule has 0 bridgehead atoms. The summed E-state index contributed by atoms with van der Waals surface area (Å²) in [6, 6.07) is 4.78. The van der Waals surface area contributed by atoms with Crippen LogP contribution >= 0.6 is 0 Å². The zero-order valence-corrected chi connectivity index (χ0v) is 15.1. The number of H-pyrrole nitrogens is 1. The molecule has 1 atom stereocenters. The number of aryl methyl sites for hydroxylation is 1. The van der Waals surface area contributed by atoms with Crippen molar-refractivity contribution in [2.45, 2.75) is 50.6 Å². The van der Waals surface area contributed by atoms with Crippen LogP contribution in [0.4, 0.5) is 4.39 Å². The van der Waals surface area contributed by atoms with Crippen LogP contribution in [0.2, 0.25) is 0 Å². The average Bonchev–Trinajstić information content (AvgIpc) is 2.91. The Labute approximate surface area is 156 Å². The van der Waals surface area contributed by atoms with E-state index in [2.05, 4.69) is 20.8 Å². The summed E-state index contributed by atoms with van der Waals surface area (Å²) >= 11 is 0. The van der Waals surface area contributed by atoms with Crippen LogP contribution in [-0.2, 0) is 13.0 Å². The second kappa shape index (κ2) is 7.64. The van der Waals surface area contributed by atoms with Crippen molar-refractivity contribution in [3.8, 4) is 0 Å². The maximum absolute atomic E-state index is 14.3. The summed E-state index contributed by atoms with van der Waals surface area (Å²) in [6.45, 7) is 2.38. The Hall–Kier alpha value is -2.48. The number of hydrogen-bond donors (Lipinski definition) is 3. The molecule has 2 aliphatic heterocycles. The van der Waals surface area contributed by atoms with Gasteiger partial charge in [0, 0.05) is 19.0 Å². The van der Waals surface area contributed by atoms with Crippen molar-refractivity contribution in [1.82, 2.24) is 25.4 Å². The van der Waals surface area contributed by atoms with E-state index in [0.717, 1.165) is 31.5 Å². The molecule has 4 rings (SSSR count). The second-order valence-corrected chi connectivity index (χ2v) is 7.36. The van der Waals surface area contributed by atoms with Gasteiger partial charge in [-0.3, -0.25) is 9.36 Å². The van der Waals surface area contributed by atoms with Crippen molar-refractivity contribution < 1.29 is 9.18 Å². The maximum Gasteiger partial charge on any atom is 0.343 e. The lowest BCUT2D eigenvalue weighted by molar-refractivity contribution is 0.0928. The first-order valence-electron chi connectivity index (χ1n) is 9.57. The highest BCUT2D eigenvalue weighted by atomic mass is 19.1. The first kappa shape index (κ1) is 17.9. The Kier molecular flexibility index (Phi) is 5.07. The number of benzene rings is 1. The molecule has 7 nitrogen and oxygen atoms in total. The van der Waals surface area contributed by atoms with E-state index in [4.69, 9.17) is 0 Å². The summed E-state index contributed by atoms with van der Waals surface area (Å²) in [5, 5.41) is 12.7. The average molecular weight is 373 g/mol. The van der Waals surface area contributed by atoms with Gasteiger partial charge in [-0.05, 0) is 62.4 Å². The molecule has 144 valence electrons. The molecule has 27 heavy (non-hydrogen) atoms. The van der Waals surface area contributed by atoms with Gasteiger partial charge >= 0.3 is 5.69 Å². The highest BCUT2D eigenvalue weighted by Gasteiger charge is 2.23. The lowest BCUT2D eigenvalue weighted by atomic mass is 9.89. The zero-order valence-electron chi connectivity index (χ0n) is 15.1. The highest BCUT2D eigenvalue weighted by molar-refractivity contribution is 5.94. The molecule has 0 saturated carbocycles. The summed E-state index contributed by atoms with van der Waals surface area (Å²) in [6.07, 6.45) is 3.88. The number of carbonyl (C=O) groups excluding carboxylic acids is 1. The van der Waals surface area contributed by atoms with Crippen molar-refractivity contribution in [2.75, 3.05) is 13.1 Å². The van der Waals surface area contributed by atoms with Crippen molar-refractivity contribution >= 4 is 5.91 Å². The molecular formula is C19H24FN5O2. The van der Waals surface area contributed by atoms with E-state index in [1.165, 1.54) is 6.07 Å². The highest BCUT2D eigenvalue weighted by Crippen LogP contribution is 2.27. The van der Waals surface area contributed by atoms with Crippen molar-refractivity contribution in [3.63, 3.8) is 0 Å². The molecule has 1 fully saturated rings. The van der Waals surface area contributed by atoms with Crippen LogP contribution in [0.25, 0.3) is 0 Å². The topological polar surface area (TPSA) is 91.8 Å². The Morgan fingerprint density at radius 2 is 2.04 bits per heavy atom. The second-order valence-electron chi connectivity index (χ2n) is 7.36. The SMILES string of the molecule is O=C(NC1CCc2n[nH]c(=O)n2CC1)c1cc(C2CCNCC2)ccc1F. The summed E-state index contributed by atoms with van der Waals surface area (Å²) in [4.78, 5) is 24.4. The third-order valence-corrected chi connectivity index (χ3v) is 5.64. The van der Waals surface area contributed by atoms with E-state index in [1.807, 2.05) is 0 Å². The number of aromatic nitrogens is 3. The molecule has 1 saturated heterocycles. The molecule has 1 amide bonds. The fourth-order valence-electron chi connectivity index (χ4n) is 4.04. The molecule has 3 N–H and O–H groups in total. The van der Waals surface area contributed by atoms with E-state index >= 15 is 0 Å². The largest absolute Gasteiger partial charge is 0.349 e. The van der Waals surface area contributed by atoms with Gasteiger partial charge in [0.2, 0.25) is 0 Å². The molecule has 8 heteroatoms. The van der Waals surface area contributed by atoms with Crippen LogP contribution in [0.15, 0.2) is 23.0 Å². The number of amides is 1. The van der Waals surface area contributed by atoms with E-state index in [1.54, 1.807) is 16.7 Å².